The van der Waals surface area contributed by atoms with Crippen LogP contribution in [0.5, 0.6) is 0 Å². The summed E-state index contributed by atoms with van der Waals surface area (Å²) in [4.78, 5) is 0. The molecule has 2 fully saturated rings. The molecule has 0 aromatic carbocycles. The lowest BCUT2D eigenvalue weighted by Gasteiger charge is -2.41. The fourth-order valence-electron chi connectivity index (χ4n) is 1.47. The minimum Gasteiger partial charge on any atom is -0.223 e. The van der Waals surface area contributed by atoms with Gasteiger partial charge >= 0.3 is 0 Å². The van der Waals surface area contributed by atoms with E-state index < -0.39 is 0 Å². The quantitative estimate of drug-likeness (QED) is 0.409. The van der Waals surface area contributed by atoms with Crippen molar-refractivity contribution in [3.8, 4) is 0 Å². The molecule has 0 unspecified atom stereocenters. The van der Waals surface area contributed by atoms with Crippen LogP contribution in [0.3, 0.4) is 0 Å². The summed E-state index contributed by atoms with van der Waals surface area (Å²) in [6, 6.07) is 0. The monoisotopic (exact) mass is 113 g/mol. The van der Waals surface area contributed by atoms with E-state index in [1.807, 2.05) is 0 Å². The molecule has 0 aromatic rings. The highest BCUT2D eigenvalue weighted by Crippen LogP contribution is 2.28. The van der Waals surface area contributed by atoms with Crippen LogP contribution in [0.2, 0.25) is 0 Å². The molecule has 1 spiro atoms. The van der Waals surface area contributed by atoms with Crippen LogP contribution in [-0.2, 0) is 0 Å². The van der Waals surface area contributed by atoms with E-state index in [4.69, 9.17) is 0 Å². The van der Waals surface area contributed by atoms with E-state index in [1.165, 1.54) is 25.7 Å². The smallest absolute Gasteiger partial charge is 0.0968 e. The molecular formula is C5H11N3. The van der Waals surface area contributed by atoms with E-state index >= 15 is 0 Å². The summed E-state index contributed by atoms with van der Waals surface area (Å²) in [7, 11) is 0. The third kappa shape index (κ3) is 0.491. The van der Waals surface area contributed by atoms with Crippen LogP contribution in [-0.4, -0.2) is 5.66 Å². The van der Waals surface area contributed by atoms with Crippen molar-refractivity contribution in [2.45, 2.75) is 31.3 Å². The van der Waals surface area contributed by atoms with Crippen molar-refractivity contribution in [2.75, 3.05) is 0 Å². The second-order valence-corrected chi connectivity index (χ2v) is 2.66. The maximum atomic E-state index is 3.16. The van der Waals surface area contributed by atoms with Gasteiger partial charge in [-0.3, -0.25) is 0 Å². The standard InChI is InChI=1S/C5H11N3/c1-2-4-5(3-1)6-8-7-5/h6-8H,1-4H2. The predicted molar refractivity (Wildman–Crippen MR) is 30.6 cm³/mol. The van der Waals surface area contributed by atoms with Gasteiger partial charge in [0.1, 0.15) is 0 Å². The zero-order chi connectivity index (χ0) is 5.45. The fourth-order valence-corrected chi connectivity index (χ4v) is 1.47. The van der Waals surface area contributed by atoms with Crippen molar-refractivity contribution in [1.82, 2.24) is 16.4 Å². The average molecular weight is 113 g/mol. The Morgan fingerprint density at radius 1 is 1.00 bits per heavy atom. The Morgan fingerprint density at radius 3 is 1.88 bits per heavy atom. The molecule has 2 aliphatic rings. The van der Waals surface area contributed by atoms with Crippen LogP contribution < -0.4 is 16.4 Å². The molecule has 1 saturated carbocycles. The third-order valence-corrected chi connectivity index (χ3v) is 2.06. The van der Waals surface area contributed by atoms with Gasteiger partial charge in [0.25, 0.3) is 0 Å². The van der Waals surface area contributed by atoms with Gasteiger partial charge < -0.3 is 0 Å². The molecular weight excluding hydrogens is 102 g/mol. The van der Waals surface area contributed by atoms with Gasteiger partial charge in [-0.05, 0) is 12.8 Å². The van der Waals surface area contributed by atoms with Crippen LogP contribution in [0.15, 0.2) is 0 Å². The van der Waals surface area contributed by atoms with E-state index in [9.17, 15) is 0 Å². The first-order chi connectivity index (χ1) is 3.91. The molecule has 8 heavy (non-hydrogen) atoms. The van der Waals surface area contributed by atoms with E-state index in [2.05, 4.69) is 16.4 Å². The van der Waals surface area contributed by atoms with Gasteiger partial charge in [0.05, 0.1) is 5.66 Å². The van der Waals surface area contributed by atoms with Gasteiger partial charge in [-0.15, -0.1) is 0 Å². The van der Waals surface area contributed by atoms with Crippen molar-refractivity contribution in [3.05, 3.63) is 0 Å². The highest BCUT2D eigenvalue weighted by atomic mass is 15.8. The van der Waals surface area contributed by atoms with Crippen LogP contribution in [0, 0.1) is 0 Å². The maximum Gasteiger partial charge on any atom is 0.0968 e. The maximum absolute atomic E-state index is 3.16. The zero-order valence-electron chi connectivity index (χ0n) is 4.83. The van der Waals surface area contributed by atoms with E-state index in [-0.39, 0.29) is 0 Å². The van der Waals surface area contributed by atoms with Crippen molar-refractivity contribution < 1.29 is 0 Å². The highest BCUT2D eigenvalue weighted by Gasteiger charge is 2.38. The molecule has 0 atom stereocenters. The van der Waals surface area contributed by atoms with Crippen LogP contribution in [0.25, 0.3) is 0 Å². The Bertz CT molecular complexity index is 89.8. The van der Waals surface area contributed by atoms with Crippen LogP contribution in [0.4, 0.5) is 0 Å². The summed E-state index contributed by atoms with van der Waals surface area (Å²) in [6.45, 7) is 0. The van der Waals surface area contributed by atoms with E-state index in [1.54, 1.807) is 0 Å². The van der Waals surface area contributed by atoms with Crippen molar-refractivity contribution in [1.29, 1.82) is 0 Å². The van der Waals surface area contributed by atoms with Gasteiger partial charge in [-0.2, -0.15) is 5.53 Å². The fraction of sp³-hybridized carbons (Fsp3) is 1.00. The van der Waals surface area contributed by atoms with Crippen LogP contribution in [0.1, 0.15) is 25.7 Å². The van der Waals surface area contributed by atoms with Crippen molar-refractivity contribution in [3.63, 3.8) is 0 Å². The van der Waals surface area contributed by atoms with Crippen LogP contribution >= 0.6 is 0 Å². The molecule has 1 aliphatic carbocycles. The molecule has 0 aromatic heterocycles. The number of hydrogen-bond donors (Lipinski definition) is 3. The first-order valence-electron chi connectivity index (χ1n) is 3.21. The van der Waals surface area contributed by atoms with E-state index in [0.717, 1.165) is 0 Å². The second kappa shape index (κ2) is 1.43. The van der Waals surface area contributed by atoms with Gasteiger partial charge in [-0.1, -0.05) is 12.8 Å². The summed E-state index contributed by atoms with van der Waals surface area (Å²) in [6.07, 6.45) is 5.28. The number of nitrogens with one attached hydrogen (secondary N) is 3. The SMILES string of the molecule is C1CCC2(C1)NNN2. The molecule has 3 nitrogen and oxygen atoms in total. The minimum atomic E-state index is 0.306. The van der Waals surface area contributed by atoms with Crippen molar-refractivity contribution >= 4 is 0 Å². The largest absolute Gasteiger partial charge is 0.223 e. The summed E-state index contributed by atoms with van der Waals surface area (Å²) < 4.78 is 0. The number of hydrogen-bond acceptors (Lipinski definition) is 3. The lowest BCUT2D eigenvalue weighted by atomic mass is 10.1. The molecule has 0 radical (unpaired) electrons. The van der Waals surface area contributed by atoms with Gasteiger partial charge in [0, 0.05) is 0 Å². The summed E-state index contributed by atoms with van der Waals surface area (Å²) >= 11 is 0. The molecule has 1 saturated heterocycles. The van der Waals surface area contributed by atoms with E-state index in [0.29, 0.717) is 5.66 Å². The molecule has 3 heteroatoms. The zero-order valence-corrected chi connectivity index (χ0v) is 4.83. The topological polar surface area (TPSA) is 36.1 Å². The summed E-state index contributed by atoms with van der Waals surface area (Å²) in [5, 5.41) is 0. The lowest BCUT2D eigenvalue weighted by Crippen LogP contribution is -2.77. The van der Waals surface area contributed by atoms with Gasteiger partial charge in [-0.25, -0.2) is 10.9 Å². The molecule has 1 heterocycles. The minimum absolute atomic E-state index is 0.306. The molecule has 1 aliphatic heterocycles. The Hall–Kier alpha value is -0.120. The summed E-state index contributed by atoms with van der Waals surface area (Å²) in [5.74, 6) is 0. The predicted octanol–water partition coefficient (Wildman–Crippen LogP) is -0.131. The Balaban J connectivity index is 2.01. The molecule has 46 valence electrons. The Morgan fingerprint density at radius 2 is 1.62 bits per heavy atom. The molecule has 3 N–H and O–H groups in total. The third-order valence-electron chi connectivity index (χ3n) is 2.06. The number of rotatable bonds is 0. The average Bonchev–Trinajstić information content (AvgIpc) is 2.07. The molecule has 2 rings (SSSR count). The Labute approximate surface area is 48.8 Å². The van der Waals surface area contributed by atoms with Gasteiger partial charge in [0.2, 0.25) is 0 Å². The first-order valence-corrected chi connectivity index (χ1v) is 3.21. The van der Waals surface area contributed by atoms with Crippen molar-refractivity contribution in [2.24, 2.45) is 0 Å². The number of hydrazine groups is 2. The Kier molecular flexibility index (Phi) is 0.848. The molecule has 0 amide bonds. The summed E-state index contributed by atoms with van der Waals surface area (Å²) in [5.41, 5.74) is 9.47. The molecule has 0 bridgehead atoms. The normalized spacial score (nSPS) is 33.0. The lowest BCUT2D eigenvalue weighted by molar-refractivity contribution is 0.0689. The second-order valence-electron chi connectivity index (χ2n) is 2.66. The highest BCUT2D eigenvalue weighted by molar-refractivity contribution is 4.91. The first kappa shape index (κ1) is 4.73. The van der Waals surface area contributed by atoms with Gasteiger partial charge in [0.15, 0.2) is 0 Å².